The largest absolute Gasteiger partial charge is 0.388 e. The van der Waals surface area contributed by atoms with Gasteiger partial charge in [0, 0.05) is 12.2 Å². The number of halogens is 2. The van der Waals surface area contributed by atoms with E-state index in [1.807, 2.05) is 6.92 Å². The zero-order chi connectivity index (χ0) is 14.7. The number of benzene rings is 1. The van der Waals surface area contributed by atoms with Crippen molar-refractivity contribution in [1.29, 1.82) is 0 Å². The molecule has 1 atom stereocenters. The van der Waals surface area contributed by atoms with Crippen molar-refractivity contribution in [3.8, 4) is 0 Å². The minimum absolute atomic E-state index is 0.282. The first-order valence-electron chi connectivity index (χ1n) is 5.77. The molecule has 0 aliphatic carbocycles. The Morgan fingerprint density at radius 1 is 1.32 bits per heavy atom. The van der Waals surface area contributed by atoms with Crippen molar-refractivity contribution in [2.75, 3.05) is 11.9 Å². The van der Waals surface area contributed by atoms with Crippen LogP contribution in [0.1, 0.15) is 20.3 Å². The van der Waals surface area contributed by atoms with Crippen molar-refractivity contribution in [2.45, 2.75) is 36.5 Å². The molecule has 4 nitrogen and oxygen atoms in total. The van der Waals surface area contributed by atoms with Gasteiger partial charge in [0.1, 0.15) is 0 Å². The molecule has 0 heterocycles. The Balaban J connectivity index is 2.78. The van der Waals surface area contributed by atoms with Crippen molar-refractivity contribution in [3.63, 3.8) is 0 Å². The topological polar surface area (TPSA) is 66.4 Å². The fourth-order valence-electron chi connectivity index (χ4n) is 1.28. The molecule has 0 radical (unpaired) electrons. The monoisotopic (exact) mass is 293 g/mol. The zero-order valence-corrected chi connectivity index (χ0v) is 11.5. The fourth-order valence-corrected chi connectivity index (χ4v) is 2.00. The summed E-state index contributed by atoms with van der Waals surface area (Å²) in [6, 6.07) is 5.01. The van der Waals surface area contributed by atoms with Gasteiger partial charge >= 0.3 is 5.76 Å². The second-order valence-corrected chi connectivity index (χ2v) is 6.45. The number of hydrogen-bond acceptors (Lipinski definition) is 4. The summed E-state index contributed by atoms with van der Waals surface area (Å²) in [7, 11) is -4.55. The number of hydrogen-bond donors (Lipinski definition) is 2. The van der Waals surface area contributed by atoms with Crippen LogP contribution in [-0.2, 0) is 9.84 Å². The minimum atomic E-state index is -4.55. The van der Waals surface area contributed by atoms with Gasteiger partial charge in [-0.25, -0.2) is 8.42 Å². The van der Waals surface area contributed by atoms with Crippen LogP contribution in [0.2, 0.25) is 0 Å². The number of nitrogens with one attached hydrogen (secondary N) is 1. The van der Waals surface area contributed by atoms with E-state index in [4.69, 9.17) is 0 Å². The van der Waals surface area contributed by atoms with Gasteiger partial charge in [0.15, 0.2) is 0 Å². The number of sulfone groups is 1. The van der Waals surface area contributed by atoms with Crippen LogP contribution in [0.3, 0.4) is 0 Å². The van der Waals surface area contributed by atoms with Gasteiger partial charge in [-0.1, -0.05) is 6.92 Å². The molecule has 0 aliphatic rings. The van der Waals surface area contributed by atoms with E-state index in [9.17, 15) is 22.3 Å². The van der Waals surface area contributed by atoms with E-state index in [-0.39, 0.29) is 6.54 Å². The molecule has 0 aromatic heterocycles. The van der Waals surface area contributed by atoms with Crippen LogP contribution in [0.25, 0.3) is 0 Å². The van der Waals surface area contributed by atoms with Gasteiger partial charge in [-0.2, -0.15) is 8.78 Å². The average molecular weight is 293 g/mol. The van der Waals surface area contributed by atoms with E-state index in [0.29, 0.717) is 12.1 Å². The van der Waals surface area contributed by atoms with Gasteiger partial charge < -0.3 is 10.4 Å². The predicted octanol–water partition coefficient (Wildman–Crippen LogP) is 2.26. The molecule has 0 amide bonds. The van der Waals surface area contributed by atoms with Crippen LogP contribution >= 0.6 is 0 Å². The summed E-state index contributed by atoms with van der Waals surface area (Å²) in [6.07, 6.45) is 0.553. The predicted molar refractivity (Wildman–Crippen MR) is 69.0 cm³/mol. The van der Waals surface area contributed by atoms with E-state index in [0.717, 1.165) is 12.1 Å². The maximum Gasteiger partial charge on any atom is 0.341 e. The highest BCUT2D eigenvalue weighted by Crippen LogP contribution is 2.20. The molecule has 1 aromatic carbocycles. The first-order valence-corrected chi connectivity index (χ1v) is 7.32. The van der Waals surface area contributed by atoms with Crippen LogP contribution in [0, 0.1) is 0 Å². The normalized spacial score (nSPS) is 15.3. The van der Waals surface area contributed by atoms with Crippen LogP contribution in [0.15, 0.2) is 29.2 Å². The number of rotatable bonds is 6. The summed E-state index contributed by atoms with van der Waals surface area (Å²) in [4.78, 5) is -0.421. The van der Waals surface area contributed by atoms with Crippen molar-refractivity contribution < 1.29 is 22.3 Å². The first kappa shape index (κ1) is 15.8. The maximum atomic E-state index is 12.3. The summed E-state index contributed by atoms with van der Waals surface area (Å²) in [5.41, 5.74) is -0.324. The van der Waals surface area contributed by atoms with Crippen LogP contribution in [-0.4, -0.2) is 31.4 Å². The SMILES string of the molecule is CC[C@](C)(O)CNc1ccc(S(=O)(=O)C(F)F)cc1. The quantitative estimate of drug-likeness (QED) is 0.844. The van der Waals surface area contributed by atoms with E-state index >= 15 is 0 Å². The minimum Gasteiger partial charge on any atom is -0.388 e. The molecule has 0 unspecified atom stereocenters. The Hall–Kier alpha value is -1.21. The molecule has 0 spiro atoms. The molecule has 1 aromatic rings. The van der Waals surface area contributed by atoms with Crippen molar-refractivity contribution in [1.82, 2.24) is 0 Å². The summed E-state index contributed by atoms with van der Waals surface area (Å²) < 4.78 is 47.0. The van der Waals surface area contributed by atoms with Gasteiger partial charge in [-0.3, -0.25) is 0 Å². The molecule has 7 heteroatoms. The second kappa shape index (κ2) is 5.83. The first-order chi connectivity index (χ1) is 8.69. The average Bonchev–Trinajstić information content (AvgIpc) is 2.37. The Labute approximate surface area is 111 Å². The third kappa shape index (κ3) is 4.14. The molecule has 108 valence electrons. The summed E-state index contributed by atoms with van der Waals surface area (Å²) in [5, 5.41) is 12.7. The molecular weight excluding hydrogens is 276 g/mol. The number of aliphatic hydroxyl groups is 1. The lowest BCUT2D eigenvalue weighted by atomic mass is 10.0. The molecule has 0 aliphatic heterocycles. The number of anilines is 1. The van der Waals surface area contributed by atoms with Gasteiger partial charge in [0.05, 0.1) is 10.5 Å². The van der Waals surface area contributed by atoms with Gasteiger partial charge in [0.2, 0.25) is 9.84 Å². The lowest BCUT2D eigenvalue weighted by Crippen LogP contribution is -2.32. The molecule has 0 fully saturated rings. The summed E-state index contributed by atoms with van der Waals surface area (Å²) in [6.45, 7) is 3.78. The Morgan fingerprint density at radius 2 is 1.84 bits per heavy atom. The summed E-state index contributed by atoms with van der Waals surface area (Å²) >= 11 is 0. The van der Waals surface area contributed by atoms with E-state index in [1.54, 1.807) is 6.92 Å². The lowest BCUT2D eigenvalue weighted by molar-refractivity contribution is 0.0697. The second-order valence-electron chi connectivity index (χ2n) is 4.53. The van der Waals surface area contributed by atoms with Gasteiger partial charge in [-0.05, 0) is 37.6 Å². The number of alkyl halides is 2. The molecule has 1 rings (SSSR count). The Kier molecular flexibility index (Phi) is 4.86. The van der Waals surface area contributed by atoms with Gasteiger partial charge in [0.25, 0.3) is 0 Å². The van der Waals surface area contributed by atoms with Gasteiger partial charge in [-0.15, -0.1) is 0 Å². The summed E-state index contributed by atoms with van der Waals surface area (Å²) in [5.74, 6) is -3.42. The third-order valence-corrected chi connectivity index (χ3v) is 4.25. The van der Waals surface area contributed by atoms with Crippen molar-refractivity contribution in [3.05, 3.63) is 24.3 Å². The molecule has 0 bridgehead atoms. The molecule has 0 saturated carbocycles. The van der Waals surface area contributed by atoms with E-state index in [1.165, 1.54) is 12.1 Å². The highest BCUT2D eigenvalue weighted by atomic mass is 32.2. The van der Waals surface area contributed by atoms with Crippen LogP contribution in [0.4, 0.5) is 14.5 Å². The Morgan fingerprint density at radius 3 is 2.26 bits per heavy atom. The maximum absolute atomic E-state index is 12.3. The van der Waals surface area contributed by atoms with Crippen LogP contribution in [0.5, 0.6) is 0 Å². The highest BCUT2D eigenvalue weighted by Gasteiger charge is 2.26. The molecule has 0 saturated heterocycles. The fraction of sp³-hybridized carbons (Fsp3) is 0.500. The van der Waals surface area contributed by atoms with Crippen molar-refractivity contribution in [2.24, 2.45) is 0 Å². The zero-order valence-electron chi connectivity index (χ0n) is 10.7. The molecule has 2 N–H and O–H groups in total. The standard InChI is InChI=1S/C12H17F2NO3S/c1-3-12(2,16)8-15-9-4-6-10(7-5-9)19(17,18)11(13)14/h4-7,11,15-16H,3,8H2,1-2H3/t12-/m0/s1. The Bertz CT molecular complexity index is 512. The highest BCUT2D eigenvalue weighted by molar-refractivity contribution is 7.91. The van der Waals surface area contributed by atoms with Crippen LogP contribution < -0.4 is 5.32 Å². The smallest absolute Gasteiger partial charge is 0.341 e. The van der Waals surface area contributed by atoms with E-state index in [2.05, 4.69) is 5.32 Å². The lowest BCUT2D eigenvalue weighted by Gasteiger charge is -2.22. The third-order valence-electron chi connectivity index (χ3n) is 2.85. The van der Waals surface area contributed by atoms with Crippen molar-refractivity contribution >= 4 is 15.5 Å². The van der Waals surface area contributed by atoms with E-state index < -0.39 is 26.1 Å². The molecule has 19 heavy (non-hydrogen) atoms. The molecular formula is C12H17F2NO3S.